The highest BCUT2D eigenvalue weighted by atomic mass is 19.4. The molecule has 0 amide bonds. The van der Waals surface area contributed by atoms with Crippen LogP contribution in [0.25, 0.3) is 83.9 Å². The minimum absolute atomic E-state index is 0.406. The fourth-order valence-corrected chi connectivity index (χ4v) is 7.12. The topological polar surface area (TPSA) is 67.4 Å². The van der Waals surface area contributed by atoms with Crippen LogP contribution < -0.4 is 0 Å². The van der Waals surface area contributed by atoms with Gasteiger partial charge in [-0.05, 0) is 70.8 Å². The van der Waals surface area contributed by atoms with Gasteiger partial charge >= 0.3 is 6.18 Å². The largest absolute Gasteiger partial charge is 0.416 e. The van der Waals surface area contributed by atoms with Gasteiger partial charge in [0.2, 0.25) is 0 Å². The van der Waals surface area contributed by atoms with Crippen molar-refractivity contribution in [3.8, 4) is 68.2 Å². The Morgan fingerprint density at radius 2 is 1.04 bits per heavy atom. The van der Waals surface area contributed by atoms with Gasteiger partial charge in [-0.2, -0.15) is 18.4 Å². The van der Waals surface area contributed by atoms with E-state index < -0.39 is 11.7 Å². The highest BCUT2D eigenvalue weighted by Gasteiger charge is 2.30. The van der Waals surface area contributed by atoms with Gasteiger partial charge in [0.15, 0.2) is 17.5 Å². The van der Waals surface area contributed by atoms with Gasteiger partial charge in [0.05, 0.1) is 33.9 Å². The molecule has 2 heterocycles. The summed E-state index contributed by atoms with van der Waals surface area (Å²) >= 11 is 0. The maximum Gasteiger partial charge on any atom is 0.416 e. The molecule has 0 spiro atoms. The summed E-state index contributed by atoms with van der Waals surface area (Å²) in [4.78, 5) is 15.0. The Balaban J connectivity index is 1.34. The van der Waals surface area contributed by atoms with Gasteiger partial charge in [0.1, 0.15) is 0 Å². The number of para-hydroxylation sites is 1. The van der Waals surface area contributed by atoms with Crippen molar-refractivity contribution in [2.45, 2.75) is 6.18 Å². The van der Waals surface area contributed by atoms with Crippen molar-refractivity contribution in [1.82, 2.24) is 19.5 Å². The normalized spacial score (nSPS) is 11.5. The number of halogens is 3. The molecule has 2 aromatic heterocycles. The maximum absolute atomic E-state index is 13.9. The molecule has 0 saturated carbocycles. The van der Waals surface area contributed by atoms with Crippen LogP contribution in [0.5, 0.6) is 0 Å². The zero-order valence-corrected chi connectivity index (χ0v) is 29.0. The zero-order valence-electron chi connectivity index (χ0n) is 29.0. The molecule has 9 rings (SSSR count). The third kappa shape index (κ3) is 6.18. The van der Waals surface area contributed by atoms with E-state index >= 15 is 0 Å². The average molecular weight is 720 g/mol. The van der Waals surface area contributed by atoms with Crippen LogP contribution >= 0.6 is 0 Å². The number of hydrogen-bond donors (Lipinski definition) is 0. The van der Waals surface area contributed by atoms with Gasteiger partial charge in [-0.3, -0.25) is 0 Å². The second kappa shape index (κ2) is 13.6. The summed E-state index contributed by atoms with van der Waals surface area (Å²) in [5.74, 6) is 1.38. The van der Waals surface area contributed by atoms with Crippen LogP contribution in [0.1, 0.15) is 11.1 Å². The van der Waals surface area contributed by atoms with E-state index in [1.165, 1.54) is 12.1 Å². The molecule has 0 aliphatic heterocycles. The van der Waals surface area contributed by atoms with Crippen LogP contribution in [-0.2, 0) is 6.18 Å². The Hall–Kier alpha value is -7.37. The van der Waals surface area contributed by atoms with Crippen molar-refractivity contribution in [2.75, 3.05) is 0 Å². The van der Waals surface area contributed by atoms with Crippen LogP contribution in [0, 0.1) is 11.3 Å². The van der Waals surface area contributed by atoms with Gasteiger partial charge in [0, 0.05) is 27.5 Å². The third-order valence-corrected chi connectivity index (χ3v) is 9.73. The molecule has 7 aromatic carbocycles. The van der Waals surface area contributed by atoms with E-state index in [1.807, 2.05) is 127 Å². The van der Waals surface area contributed by atoms with Gasteiger partial charge in [-0.1, -0.05) is 121 Å². The summed E-state index contributed by atoms with van der Waals surface area (Å²) < 4.78 is 43.9. The van der Waals surface area contributed by atoms with Crippen molar-refractivity contribution >= 4 is 21.8 Å². The highest BCUT2D eigenvalue weighted by molar-refractivity contribution is 6.11. The maximum atomic E-state index is 13.9. The van der Waals surface area contributed by atoms with Crippen molar-refractivity contribution in [3.63, 3.8) is 0 Å². The van der Waals surface area contributed by atoms with Gasteiger partial charge in [-0.15, -0.1) is 0 Å². The number of rotatable bonds is 6. The van der Waals surface area contributed by atoms with E-state index in [9.17, 15) is 18.4 Å². The minimum Gasteiger partial charge on any atom is -0.308 e. The molecule has 0 radical (unpaired) electrons. The van der Waals surface area contributed by atoms with Crippen LogP contribution in [-0.4, -0.2) is 19.5 Å². The first kappa shape index (κ1) is 33.5. The van der Waals surface area contributed by atoms with Crippen molar-refractivity contribution < 1.29 is 13.2 Å². The Kier molecular flexibility index (Phi) is 8.25. The summed E-state index contributed by atoms with van der Waals surface area (Å²) in [6.07, 6.45) is -4.50. The van der Waals surface area contributed by atoms with Gasteiger partial charge in [0.25, 0.3) is 0 Å². The van der Waals surface area contributed by atoms with E-state index in [-0.39, 0.29) is 0 Å². The van der Waals surface area contributed by atoms with Crippen LogP contribution in [0.15, 0.2) is 170 Å². The third-order valence-electron chi connectivity index (χ3n) is 9.73. The Labute approximate surface area is 314 Å². The fourth-order valence-electron chi connectivity index (χ4n) is 7.12. The van der Waals surface area contributed by atoms with Gasteiger partial charge < -0.3 is 4.57 Å². The highest BCUT2D eigenvalue weighted by Crippen LogP contribution is 2.40. The van der Waals surface area contributed by atoms with Crippen LogP contribution in [0.3, 0.4) is 0 Å². The first-order valence-corrected chi connectivity index (χ1v) is 17.6. The lowest BCUT2D eigenvalue weighted by Crippen LogP contribution is -2.05. The summed E-state index contributed by atoms with van der Waals surface area (Å²) in [7, 11) is 0. The minimum atomic E-state index is -4.50. The number of alkyl halides is 3. The fraction of sp³-hybridized carbons (Fsp3) is 0.0213. The lowest BCUT2D eigenvalue weighted by atomic mass is 9.98. The second-order valence-corrected chi connectivity index (χ2v) is 13.1. The molecular formula is C47H28F3N5. The van der Waals surface area contributed by atoms with E-state index in [0.29, 0.717) is 45.4 Å². The van der Waals surface area contributed by atoms with E-state index in [1.54, 1.807) is 12.1 Å². The number of fused-ring (bicyclic) bond motifs is 3. The monoisotopic (exact) mass is 719 g/mol. The molecule has 0 N–H and O–H groups in total. The average Bonchev–Trinajstić information content (AvgIpc) is 3.57. The summed E-state index contributed by atoms with van der Waals surface area (Å²) in [5, 5.41) is 11.8. The SMILES string of the molecule is N#Cc1ccccc1-c1ccc2c(c1)c1ccccc1n2-c1cc(-c2cccc(C(F)(F)F)c2)ccc1-c1nc(-c2ccccc2)nc(-c2ccccc2)n1. The molecule has 262 valence electrons. The van der Waals surface area contributed by atoms with Crippen LogP contribution in [0.4, 0.5) is 13.2 Å². The smallest absolute Gasteiger partial charge is 0.308 e. The first-order valence-electron chi connectivity index (χ1n) is 17.6. The molecule has 55 heavy (non-hydrogen) atoms. The number of hydrogen-bond acceptors (Lipinski definition) is 4. The van der Waals surface area contributed by atoms with E-state index in [0.717, 1.165) is 50.1 Å². The Bertz CT molecular complexity index is 2870. The molecule has 0 saturated heterocycles. The Morgan fingerprint density at radius 3 is 1.75 bits per heavy atom. The first-order chi connectivity index (χ1) is 26.9. The summed E-state index contributed by atoms with van der Waals surface area (Å²) in [5.41, 5.74) is 7.28. The molecule has 0 aliphatic carbocycles. The molecular weight excluding hydrogens is 692 g/mol. The Morgan fingerprint density at radius 1 is 0.455 bits per heavy atom. The molecule has 8 heteroatoms. The summed E-state index contributed by atoms with van der Waals surface area (Å²) in [6.45, 7) is 0. The molecule has 9 aromatic rings. The zero-order chi connectivity index (χ0) is 37.5. The van der Waals surface area contributed by atoms with E-state index in [2.05, 4.69) is 22.8 Å². The van der Waals surface area contributed by atoms with Crippen molar-refractivity contribution in [3.05, 3.63) is 181 Å². The number of benzene rings is 7. The molecule has 0 unspecified atom stereocenters. The van der Waals surface area contributed by atoms with Gasteiger partial charge in [-0.25, -0.2) is 15.0 Å². The second-order valence-electron chi connectivity index (χ2n) is 13.1. The molecule has 0 aliphatic rings. The van der Waals surface area contributed by atoms with Crippen molar-refractivity contribution in [1.29, 1.82) is 5.26 Å². The standard InChI is InChI=1S/C47H28F3N5/c48-47(49,50)36-18-11-17-32(26-36)33-22-24-39(46-53-44(30-12-3-1-4-13-30)52-45(54-46)31-14-5-2-6-15-31)43(28-33)55-41-21-10-9-20-38(41)40-27-34(23-25-42(40)55)37-19-8-7-16-35(37)29-51/h1-28H. The number of nitrogens with zero attached hydrogens (tertiary/aromatic N) is 5. The molecule has 0 fully saturated rings. The number of aromatic nitrogens is 4. The number of nitriles is 1. The molecule has 5 nitrogen and oxygen atoms in total. The predicted molar refractivity (Wildman–Crippen MR) is 211 cm³/mol. The van der Waals surface area contributed by atoms with E-state index in [4.69, 9.17) is 15.0 Å². The van der Waals surface area contributed by atoms with Crippen LogP contribution in [0.2, 0.25) is 0 Å². The predicted octanol–water partition coefficient (Wildman–Crippen LogP) is 12.2. The molecule has 0 bridgehead atoms. The molecule has 0 atom stereocenters. The summed E-state index contributed by atoms with van der Waals surface area (Å²) in [6, 6.07) is 54.2. The lowest BCUT2D eigenvalue weighted by Gasteiger charge is -2.17. The quantitative estimate of drug-likeness (QED) is 0.172. The lowest BCUT2D eigenvalue weighted by molar-refractivity contribution is -0.137. The van der Waals surface area contributed by atoms with Crippen molar-refractivity contribution in [2.24, 2.45) is 0 Å².